The van der Waals surface area contributed by atoms with E-state index in [0.29, 0.717) is 32.4 Å². The minimum absolute atomic E-state index is 0.316. The van der Waals surface area contributed by atoms with Gasteiger partial charge in [-0.25, -0.2) is 4.79 Å². The van der Waals surface area contributed by atoms with E-state index in [4.69, 9.17) is 9.84 Å². The van der Waals surface area contributed by atoms with Crippen molar-refractivity contribution in [3.63, 3.8) is 0 Å². The lowest BCUT2D eigenvalue weighted by Crippen LogP contribution is -2.48. The maximum Gasteiger partial charge on any atom is 0.326 e. The van der Waals surface area contributed by atoms with Gasteiger partial charge in [0.15, 0.2) is 0 Å². The maximum absolute atomic E-state index is 11.8. The Morgan fingerprint density at radius 3 is 2.78 bits per heavy atom. The van der Waals surface area contributed by atoms with Crippen molar-refractivity contribution in [3.8, 4) is 0 Å². The van der Waals surface area contributed by atoms with Gasteiger partial charge in [0.05, 0.1) is 12.1 Å². The topological polar surface area (TPSA) is 108 Å². The quantitative estimate of drug-likeness (QED) is 0.424. The highest BCUT2D eigenvalue weighted by Gasteiger charge is 2.30. The number of carbonyl (C=O) groups is 2. The van der Waals surface area contributed by atoms with Gasteiger partial charge in [0, 0.05) is 20.3 Å². The Morgan fingerprint density at radius 1 is 1.56 bits per heavy atom. The normalized spacial score (nSPS) is 24.8. The molecule has 0 aromatic rings. The van der Waals surface area contributed by atoms with E-state index >= 15 is 0 Å². The first-order valence-corrected chi connectivity index (χ1v) is 5.98. The van der Waals surface area contributed by atoms with Crippen molar-refractivity contribution in [2.75, 3.05) is 20.3 Å². The SMILES string of the molecule is COCCCC(NC(=O)C1CC(O)CN1)C(=O)O. The van der Waals surface area contributed by atoms with E-state index in [1.807, 2.05) is 0 Å². The average Bonchev–Trinajstić information content (AvgIpc) is 2.74. The lowest BCUT2D eigenvalue weighted by Gasteiger charge is -2.17. The largest absolute Gasteiger partial charge is 0.480 e. The number of aliphatic hydroxyl groups is 1. The predicted octanol–water partition coefficient (Wildman–Crippen LogP) is -1.29. The molecular formula is C11H20N2O5. The fourth-order valence-corrected chi connectivity index (χ4v) is 1.88. The third-order valence-corrected chi connectivity index (χ3v) is 2.88. The molecule has 0 radical (unpaired) electrons. The Bertz CT molecular complexity index is 297. The molecular weight excluding hydrogens is 240 g/mol. The Kier molecular flexibility index (Phi) is 6.03. The Balaban J connectivity index is 2.40. The number of hydrogen-bond acceptors (Lipinski definition) is 5. The number of aliphatic hydroxyl groups excluding tert-OH is 1. The number of carboxylic acids is 1. The highest BCUT2D eigenvalue weighted by Crippen LogP contribution is 2.07. The molecule has 1 saturated heterocycles. The number of amides is 1. The van der Waals surface area contributed by atoms with Gasteiger partial charge in [0.2, 0.25) is 5.91 Å². The van der Waals surface area contributed by atoms with Gasteiger partial charge in [-0.05, 0) is 19.3 Å². The summed E-state index contributed by atoms with van der Waals surface area (Å²) in [7, 11) is 1.54. The molecule has 7 heteroatoms. The molecule has 1 rings (SSSR count). The van der Waals surface area contributed by atoms with Crippen molar-refractivity contribution in [2.24, 2.45) is 0 Å². The first-order valence-electron chi connectivity index (χ1n) is 5.98. The van der Waals surface area contributed by atoms with E-state index in [9.17, 15) is 14.7 Å². The molecule has 1 amide bonds. The molecule has 0 spiro atoms. The Hall–Kier alpha value is -1.18. The number of hydrogen-bond donors (Lipinski definition) is 4. The zero-order chi connectivity index (χ0) is 13.5. The monoisotopic (exact) mass is 260 g/mol. The molecule has 4 N–H and O–H groups in total. The molecule has 0 aromatic carbocycles. The van der Waals surface area contributed by atoms with Crippen molar-refractivity contribution in [1.82, 2.24) is 10.6 Å². The van der Waals surface area contributed by atoms with Gasteiger partial charge >= 0.3 is 5.97 Å². The Labute approximate surface area is 106 Å². The summed E-state index contributed by atoms with van der Waals surface area (Å²) >= 11 is 0. The number of nitrogens with one attached hydrogen (secondary N) is 2. The molecule has 1 aliphatic rings. The molecule has 0 bridgehead atoms. The van der Waals surface area contributed by atoms with Crippen LogP contribution >= 0.6 is 0 Å². The van der Waals surface area contributed by atoms with Crippen LogP contribution in [0.1, 0.15) is 19.3 Å². The predicted molar refractivity (Wildman–Crippen MR) is 63.1 cm³/mol. The van der Waals surface area contributed by atoms with Crippen molar-refractivity contribution < 1.29 is 24.5 Å². The highest BCUT2D eigenvalue weighted by molar-refractivity contribution is 5.87. The van der Waals surface area contributed by atoms with Crippen LogP contribution < -0.4 is 10.6 Å². The fourth-order valence-electron chi connectivity index (χ4n) is 1.88. The third kappa shape index (κ3) is 4.59. The van der Waals surface area contributed by atoms with Crippen molar-refractivity contribution in [3.05, 3.63) is 0 Å². The number of carboxylic acid groups (broad SMARTS) is 1. The molecule has 7 nitrogen and oxygen atoms in total. The molecule has 104 valence electrons. The van der Waals surface area contributed by atoms with Gasteiger partial charge in [-0.2, -0.15) is 0 Å². The van der Waals surface area contributed by atoms with Crippen molar-refractivity contribution in [2.45, 2.75) is 37.5 Å². The van der Waals surface area contributed by atoms with Gasteiger partial charge in [0.25, 0.3) is 0 Å². The van der Waals surface area contributed by atoms with Gasteiger partial charge < -0.3 is 25.6 Å². The number of β-amino-alcohol motifs (C(OH)–C–C–N with tert-alkyl or cyclic N) is 1. The first kappa shape index (κ1) is 14.9. The molecule has 0 saturated carbocycles. The molecule has 3 unspecified atom stereocenters. The summed E-state index contributed by atoms with van der Waals surface area (Å²) in [6.45, 7) is 0.819. The van der Waals surface area contributed by atoms with Crippen LogP contribution in [0, 0.1) is 0 Å². The lowest BCUT2D eigenvalue weighted by molar-refractivity contribution is -0.142. The van der Waals surface area contributed by atoms with Crippen LogP contribution in [-0.4, -0.2) is 60.5 Å². The van der Waals surface area contributed by atoms with E-state index in [0.717, 1.165) is 0 Å². The average molecular weight is 260 g/mol. The summed E-state index contributed by atoms with van der Waals surface area (Å²) in [5, 5.41) is 23.6. The van der Waals surface area contributed by atoms with Crippen molar-refractivity contribution in [1.29, 1.82) is 0 Å². The van der Waals surface area contributed by atoms with Gasteiger partial charge in [-0.15, -0.1) is 0 Å². The van der Waals surface area contributed by atoms with E-state index in [-0.39, 0.29) is 5.91 Å². The third-order valence-electron chi connectivity index (χ3n) is 2.88. The van der Waals surface area contributed by atoms with E-state index in [2.05, 4.69) is 10.6 Å². The number of methoxy groups -OCH3 is 1. The highest BCUT2D eigenvalue weighted by atomic mass is 16.5. The minimum atomic E-state index is -1.06. The molecule has 1 heterocycles. The van der Waals surface area contributed by atoms with Crippen LogP contribution in [0.5, 0.6) is 0 Å². The van der Waals surface area contributed by atoms with Crippen LogP contribution in [0.25, 0.3) is 0 Å². The molecule has 0 aliphatic carbocycles. The minimum Gasteiger partial charge on any atom is -0.480 e. The summed E-state index contributed by atoms with van der Waals surface area (Å²) in [6.07, 6.45) is 0.659. The molecule has 1 aliphatic heterocycles. The zero-order valence-corrected chi connectivity index (χ0v) is 10.4. The number of ether oxygens (including phenoxy) is 1. The van der Waals surface area contributed by atoms with Crippen LogP contribution in [0.3, 0.4) is 0 Å². The Morgan fingerprint density at radius 2 is 2.28 bits per heavy atom. The lowest BCUT2D eigenvalue weighted by atomic mass is 10.1. The second-order valence-corrected chi connectivity index (χ2v) is 4.38. The molecule has 3 atom stereocenters. The van der Waals surface area contributed by atoms with Crippen molar-refractivity contribution >= 4 is 11.9 Å². The maximum atomic E-state index is 11.8. The van der Waals surface area contributed by atoms with Gasteiger partial charge in [-0.3, -0.25) is 4.79 Å². The van der Waals surface area contributed by atoms with E-state index < -0.39 is 24.2 Å². The van der Waals surface area contributed by atoms with Crippen LogP contribution in [-0.2, 0) is 14.3 Å². The van der Waals surface area contributed by atoms with Crippen LogP contribution in [0.2, 0.25) is 0 Å². The standard InChI is InChI=1S/C11H20N2O5/c1-18-4-2-3-8(11(16)17)13-10(15)9-5-7(14)6-12-9/h7-9,12,14H,2-6H2,1H3,(H,13,15)(H,16,17). The molecule has 0 aromatic heterocycles. The number of rotatable bonds is 7. The summed E-state index contributed by atoms with van der Waals surface area (Å²) in [5.41, 5.74) is 0. The van der Waals surface area contributed by atoms with E-state index in [1.165, 1.54) is 7.11 Å². The van der Waals surface area contributed by atoms with Gasteiger partial charge in [0.1, 0.15) is 6.04 Å². The summed E-state index contributed by atoms with van der Waals surface area (Å²) in [6, 6.07) is -1.42. The number of carbonyl (C=O) groups excluding carboxylic acids is 1. The summed E-state index contributed by atoms with van der Waals surface area (Å²) < 4.78 is 4.84. The fraction of sp³-hybridized carbons (Fsp3) is 0.818. The second-order valence-electron chi connectivity index (χ2n) is 4.38. The van der Waals surface area contributed by atoms with Crippen LogP contribution in [0.15, 0.2) is 0 Å². The molecule has 1 fully saturated rings. The summed E-state index contributed by atoms with van der Waals surface area (Å²) in [4.78, 5) is 22.7. The first-order chi connectivity index (χ1) is 8.54. The van der Waals surface area contributed by atoms with E-state index in [1.54, 1.807) is 0 Å². The zero-order valence-electron chi connectivity index (χ0n) is 10.4. The smallest absolute Gasteiger partial charge is 0.326 e. The second kappa shape index (κ2) is 7.30. The molecule has 18 heavy (non-hydrogen) atoms. The summed E-state index contributed by atoms with van der Waals surface area (Å²) in [5.74, 6) is -1.44. The number of aliphatic carboxylic acids is 1. The van der Waals surface area contributed by atoms with Gasteiger partial charge in [-0.1, -0.05) is 0 Å². The van der Waals surface area contributed by atoms with Crippen LogP contribution in [0.4, 0.5) is 0 Å².